The highest BCUT2D eigenvalue weighted by Crippen LogP contribution is 2.34. The Morgan fingerprint density at radius 3 is 2.44 bits per heavy atom. The summed E-state index contributed by atoms with van der Waals surface area (Å²) in [7, 11) is 0. The van der Waals surface area contributed by atoms with E-state index in [1.54, 1.807) is 0 Å². The Kier molecular flexibility index (Phi) is 4.97. The highest BCUT2D eigenvalue weighted by atomic mass is 15.2. The SMILES string of the molecule is CC(C)(C)n1cnc2ccc(C3=CCc4ncc(-c5ccc(N6CCCCC6)nc5)nc43)cc21. The molecule has 0 unspecified atom stereocenters. The molecule has 1 aromatic carbocycles. The Morgan fingerprint density at radius 1 is 0.853 bits per heavy atom. The van der Waals surface area contributed by atoms with E-state index < -0.39 is 0 Å². The summed E-state index contributed by atoms with van der Waals surface area (Å²) in [6, 6.07) is 10.7. The van der Waals surface area contributed by atoms with E-state index in [2.05, 4.69) is 71.6 Å². The second-order valence-corrected chi connectivity index (χ2v) is 10.3. The molecule has 1 aliphatic heterocycles. The van der Waals surface area contributed by atoms with Crippen molar-refractivity contribution in [1.29, 1.82) is 0 Å². The zero-order chi connectivity index (χ0) is 23.3. The van der Waals surface area contributed by atoms with Gasteiger partial charge in [0.25, 0.3) is 0 Å². The lowest BCUT2D eigenvalue weighted by Crippen LogP contribution is -2.29. The normalized spacial score (nSPS) is 16.1. The summed E-state index contributed by atoms with van der Waals surface area (Å²) in [6.45, 7) is 8.79. The van der Waals surface area contributed by atoms with Crippen molar-refractivity contribution in [2.75, 3.05) is 18.0 Å². The molecule has 172 valence electrons. The highest BCUT2D eigenvalue weighted by molar-refractivity contribution is 5.88. The number of allylic oxidation sites excluding steroid dienone is 1. The van der Waals surface area contributed by atoms with Gasteiger partial charge in [0.15, 0.2) is 0 Å². The van der Waals surface area contributed by atoms with Gasteiger partial charge in [0.1, 0.15) is 5.82 Å². The van der Waals surface area contributed by atoms with Crippen molar-refractivity contribution in [3.8, 4) is 11.3 Å². The molecule has 4 aromatic rings. The summed E-state index contributed by atoms with van der Waals surface area (Å²) in [4.78, 5) is 21.5. The van der Waals surface area contributed by atoms with Gasteiger partial charge in [-0.15, -0.1) is 0 Å². The van der Waals surface area contributed by atoms with Crippen molar-refractivity contribution in [3.05, 3.63) is 72.1 Å². The maximum absolute atomic E-state index is 5.06. The standard InChI is InChI=1S/C28H30N6/c1-28(2,3)34-18-31-22-10-7-19(15-25(22)34)21-9-11-23-27(21)32-24(17-29-23)20-8-12-26(30-16-20)33-13-5-4-6-14-33/h7-10,12,15-18H,4-6,11,13-14H2,1-3H3. The Balaban J connectivity index is 1.33. The summed E-state index contributed by atoms with van der Waals surface area (Å²) >= 11 is 0. The first-order chi connectivity index (χ1) is 16.5. The fourth-order valence-corrected chi connectivity index (χ4v) is 5.03. The average molecular weight is 451 g/mol. The van der Waals surface area contributed by atoms with Crippen LogP contribution in [0, 0.1) is 0 Å². The zero-order valence-electron chi connectivity index (χ0n) is 20.1. The van der Waals surface area contributed by atoms with Crippen LogP contribution in [0.3, 0.4) is 0 Å². The number of aromatic nitrogens is 5. The fourth-order valence-electron chi connectivity index (χ4n) is 5.03. The van der Waals surface area contributed by atoms with Crippen LogP contribution in [0.1, 0.15) is 57.0 Å². The lowest BCUT2D eigenvalue weighted by molar-refractivity contribution is 0.408. The maximum Gasteiger partial charge on any atom is 0.128 e. The van der Waals surface area contributed by atoms with Crippen molar-refractivity contribution in [2.45, 2.75) is 52.0 Å². The third-order valence-electron chi connectivity index (χ3n) is 6.91. The van der Waals surface area contributed by atoms with Gasteiger partial charge in [0, 0.05) is 42.4 Å². The van der Waals surface area contributed by atoms with E-state index >= 15 is 0 Å². The van der Waals surface area contributed by atoms with Gasteiger partial charge in [0.2, 0.25) is 0 Å². The van der Waals surface area contributed by atoms with Crippen LogP contribution in [-0.4, -0.2) is 37.6 Å². The third-order valence-corrected chi connectivity index (χ3v) is 6.91. The van der Waals surface area contributed by atoms with Gasteiger partial charge < -0.3 is 9.47 Å². The summed E-state index contributed by atoms with van der Waals surface area (Å²) < 4.78 is 2.24. The number of pyridine rings is 1. The molecule has 6 nitrogen and oxygen atoms in total. The minimum absolute atomic E-state index is 0.0321. The number of benzene rings is 1. The van der Waals surface area contributed by atoms with Crippen molar-refractivity contribution in [1.82, 2.24) is 24.5 Å². The molecule has 1 saturated heterocycles. The zero-order valence-corrected chi connectivity index (χ0v) is 20.1. The monoisotopic (exact) mass is 450 g/mol. The molecule has 0 radical (unpaired) electrons. The molecule has 4 heterocycles. The highest BCUT2D eigenvalue weighted by Gasteiger charge is 2.22. The van der Waals surface area contributed by atoms with Crippen molar-refractivity contribution < 1.29 is 0 Å². The third kappa shape index (κ3) is 3.67. The molecule has 6 rings (SSSR count). The van der Waals surface area contributed by atoms with Gasteiger partial charge in [0.05, 0.1) is 40.6 Å². The van der Waals surface area contributed by atoms with E-state index in [-0.39, 0.29) is 5.54 Å². The molecule has 6 heteroatoms. The van der Waals surface area contributed by atoms with Crippen LogP contribution in [0.25, 0.3) is 27.9 Å². The summed E-state index contributed by atoms with van der Waals surface area (Å²) in [6.07, 6.45) is 12.6. The molecule has 0 spiro atoms. The van der Waals surface area contributed by atoms with Gasteiger partial charge in [-0.1, -0.05) is 12.1 Å². The van der Waals surface area contributed by atoms with E-state index in [4.69, 9.17) is 15.0 Å². The molecule has 0 bridgehead atoms. The molecule has 1 fully saturated rings. The minimum atomic E-state index is -0.0321. The lowest BCUT2D eigenvalue weighted by atomic mass is 10.0. The Morgan fingerprint density at radius 2 is 1.68 bits per heavy atom. The first-order valence-corrected chi connectivity index (χ1v) is 12.2. The Labute approximate surface area is 200 Å². The van der Waals surface area contributed by atoms with Crippen LogP contribution in [-0.2, 0) is 12.0 Å². The number of hydrogen-bond acceptors (Lipinski definition) is 5. The molecule has 0 atom stereocenters. The Hall–Kier alpha value is -3.54. The van der Waals surface area contributed by atoms with E-state index in [1.165, 1.54) is 19.3 Å². The molecule has 1 aliphatic carbocycles. The number of anilines is 1. The Bertz CT molecular complexity index is 1380. The summed E-state index contributed by atoms with van der Waals surface area (Å²) in [5.41, 5.74) is 8.29. The number of piperidine rings is 1. The van der Waals surface area contributed by atoms with Crippen molar-refractivity contribution >= 4 is 22.4 Å². The molecule has 34 heavy (non-hydrogen) atoms. The molecule has 0 amide bonds. The van der Waals surface area contributed by atoms with Crippen molar-refractivity contribution in [3.63, 3.8) is 0 Å². The molecule has 0 saturated carbocycles. The number of imidazole rings is 1. The molecular formula is C28H30N6. The number of rotatable bonds is 3. The number of fused-ring (bicyclic) bond motifs is 2. The quantitative estimate of drug-likeness (QED) is 0.405. The van der Waals surface area contributed by atoms with Gasteiger partial charge in [-0.2, -0.15) is 0 Å². The number of hydrogen-bond donors (Lipinski definition) is 0. The maximum atomic E-state index is 5.06. The van der Waals surface area contributed by atoms with Crippen molar-refractivity contribution in [2.24, 2.45) is 0 Å². The van der Waals surface area contributed by atoms with E-state index in [1.807, 2.05) is 18.7 Å². The van der Waals surface area contributed by atoms with Gasteiger partial charge in [-0.3, -0.25) is 4.98 Å². The topological polar surface area (TPSA) is 59.7 Å². The molecule has 0 N–H and O–H groups in total. The van der Waals surface area contributed by atoms with E-state index in [9.17, 15) is 0 Å². The minimum Gasteiger partial charge on any atom is -0.357 e. The van der Waals surface area contributed by atoms with Crippen LogP contribution in [0.4, 0.5) is 5.82 Å². The fraction of sp³-hybridized carbons (Fsp3) is 0.357. The van der Waals surface area contributed by atoms with Crippen LogP contribution < -0.4 is 4.90 Å². The van der Waals surface area contributed by atoms with Gasteiger partial charge in [-0.25, -0.2) is 15.0 Å². The summed E-state index contributed by atoms with van der Waals surface area (Å²) in [5.74, 6) is 1.06. The molecule has 2 aliphatic rings. The number of nitrogens with zero attached hydrogens (tertiary/aromatic N) is 6. The first kappa shape index (κ1) is 21.0. The average Bonchev–Trinajstić information content (AvgIpc) is 3.48. The van der Waals surface area contributed by atoms with Crippen LogP contribution in [0.5, 0.6) is 0 Å². The molecule has 3 aromatic heterocycles. The summed E-state index contributed by atoms with van der Waals surface area (Å²) in [5, 5.41) is 0. The van der Waals surface area contributed by atoms with Crippen LogP contribution in [0.15, 0.2) is 55.1 Å². The van der Waals surface area contributed by atoms with Crippen LogP contribution >= 0.6 is 0 Å². The van der Waals surface area contributed by atoms with Crippen LogP contribution in [0.2, 0.25) is 0 Å². The largest absolute Gasteiger partial charge is 0.357 e. The predicted octanol–water partition coefficient (Wildman–Crippen LogP) is 5.62. The van der Waals surface area contributed by atoms with E-state index in [0.29, 0.717) is 0 Å². The smallest absolute Gasteiger partial charge is 0.128 e. The second-order valence-electron chi connectivity index (χ2n) is 10.3. The first-order valence-electron chi connectivity index (χ1n) is 12.2. The molecular weight excluding hydrogens is 420 g/mol. The lowest BCUT2D eigenvalue weighted by Gasteiger charge is -2.27. The van der Waals surface area contributed by atoms with Gasteiger partial charge >= 0.3 is 0 Å². The van der Waals surface area contributed by atoms with E-state index in [0.717, 1.165) is 70.1 Å². The van der Waals surface area contributed by atoms with Gasteiger partial charge in [-0.05, 0) is 69.9 Å². The second kappa shape index (κ2) is 8.05. The predicted molar refractivity (Wildman–Crippen MR) is 137 cm³/mol.